The summed E-state index contributed by atoms with van der Waals surface area (Å²) < 4.78 is 7.55. The molecule has 0 fully saturated rings. The molecule has 1 aromatic rings. The van der Waals surface area contributed by atoms with Gasteiger partial charge in [0.2, 0.25) is 0 Å². The Labute approximate surface area is 87.6 Å². The first-order chi connectivity index (χ1) is 6.63. The van der Waals surface area contributed by atoms with Crippen LogP contribution in [0.1, 0.15) is 19.5 Å². The highest BCUT2D eigenvalue weighted by Gasteiger charge is 2.30. The number of fused-ring (bicyclic) bond motifs is 1. The Morgan fingerprint density at radius 3 is 3.14 bits per heavy atom. The molecule has 0 bridgehead atoms. The Hall–Kier alpha value is -1.03. The normalized spacial score (nSPS) is 18.4. The van der Waals surface area contributed by atoms with Gasteiger partial charge in [-0.05, 0) is 26.1 Å². The van der Waals surface area contributed by atoms with Crippen molar-refractivity contribution < 1.29 is 4.74 Å². The highest BCUT2D eigenvalue weighted by molar-refractivity contribution is 7.78. The predicted molar refractivity (Wildman–Crippen MR) is 55.9 cm³/mol. The van der Waals surface area contributed by atoms with Crippen LogP contribution in [0.25, 0.3) is 0 Å². The predicted octanol–water partition coefficient (Wildman–Crippen LogP) is 1.88. The summed E-state index contributed by atoms with van der Waals surface area (Å²) in [5, 5.41) is 6.59. The van der Waals surface area contributed by atoms with Gasteiger partial charge in [0.25, 0.3) is 0 Å². The van der Waals surface area contributed by atoms with Gasteiger partial charge >= 0.3 is 0 Å². The molecule has 0 saturated heterocycles. The van der Waals surface area contributed by atoms with Crippen LogP contribution in [-0.2, 0) is 16.9 Å². The van der Waals surface area contributed by atoms with Crippen LogP contribution in [0.2, 0.25) is 0 Å². The van der Waals surface area contributed by atoms with Crippen LogP contribution in [-0.4, -0.2) is 21.5 Å². The lowest BCUT2D eigenvalue weighted by molar-refractivity contribution is -0.0532. The van der Waals surface area contributed by atoms with Gasteiger partial charge in [-0.15, -0.1) is 0 Å². The molecular weight excluding hydrogens is 198 g/mol. The van der Waals surface area contributed by atoms with Gasteiger partial charge in [-0.2, -0.15) is 10.1 Å². The van der Waals surface area contributed by atoms with E-state index < -0.39 is 0 Å². The summed E-state index contributed by atoms with van der Waals surface area (Å²) in [7, 11) is 0. The minimum Gasteiger partial charge on any atom is -0.367 e. The highest BCUT2D eigenvalue weighted by atomic mass is 32.1. The Kier molecular flexibility index (Phi) is 2.23. The molecule has 2 heterocycles. The number of aromatic nitrogens is 2. The SMILES string of the molecule is CC1(C)OCCn2nc(N=C=S)cc21. The van der Waals surface area contributed by atoms with E-state index in [1.807, 2.05) is 24.6 Å². The molecule has 0 atom stereocenters. The average Bonchev–Trinajstić information content (AvgIpc) is 2.49. The third-order valence-electron chi connectivity index (χ3n) is 2.31. The van der Waals surface area contributed by atoms with Gasteiger partial charge in [0.05, 0.1) is 24.0 Å². The monoisotopic (exact) mass is 209 g/mol. The van der Waals surface area contributed by atoms with E-state index in [4.69, 9.17) is 4.74 Å². The molecule has 14 heavy (non-hydrogen) atoms. The number of aliphatic imine (C=N–C) groups is 1. The minimum atomic E-state index is -0.291. The van der Waals surface area contributed by atoms with Crippen LogP contribution in [0.3, 0.4) is 0 Å². The summed E-state index contributed by atoms with van der Waals surface area (Å²) >= 11 is 4.53. The van der Waals surface area contributed by atoms with Crippen molar-refractivity contribution in [3.63, 3.8) is 0 Å². The van der Waals surface area contributed by atoms with Gasteiger partial charge in [-0.3, -0.25) is 4.68 Å². The maximum absolute atomic E-state index is 5.63. The second kappa shape index (κ2) is 3.28. The first kappa shape index (κ1) is 9.52. The van der Waals surface area contributed by atoms with Crippen molar-refractivity contribution in [1.82, 2.24) is 9.78 Å². The van der Waals surface area contributed by atoms with Gasteiger partial charge < -0.3 is 4.74 Å². The molecule has 4 nitrogen and oxygen atoms in total. The molecule has 1 aliphatic rings. The van der Waals surface area contributed by atoms with Gasteiger partial charge in [0.15, 0.2) is 5.82 Å². The fourth-order valence-corrected chi connectivity index (χ4v) is 1.71. The van der Waals surface area contributed by atoms with Gasteiger partial charge in [0, 0.05) is 6.07 Å². The zero-order chi connectivity index (χ0) is 10.2. The number of hydrogen-bond acceptors (Lipinski definition) is 4. The van der Waals surface area contributed by atoms with E-state index in [0.717, 1.165) is 12.2 Å². The highest BCUT2D eigenvalue weighted by Crippen LogP contribution is 2.30. The Morgan fingerprint density at radius 1 is 1.71 bits per heavy atom. The first-order valence-electron chi connectivity index (χ1n) is 4.43. The third kappa shape index (κ3) is 1.50. The molecule has 2 rings (SSSR count). The zero-order valence-corrected chi connectivity index (χ0v) is 8.97. The lowest BCUT2D eigenvalue weighted by Gasteiger charge is -2.30. The molecule has 0 N–H and O–H groups in total. The van der Waals surface area contributed by atoms with E-state index in [9.17, 15) is 0 Å². The minimum absolute atomic E-state index is 0.291. The molecule has 5 heteroatoms. The summed E-state index contributed by atoms with van der Waals surface area (Å²) in [5.74, 6) is 0.605. The summed E-state index contributed by atoms with van der Waals surface area (Å²) in [6.07, 6.45) is 0. The number of isothiocyanates is 1. The summed E-state index contributed by atoms with van der Waals surface area (Å²) in [4.78, 5) is 3.85. The lowest BCUT2D eigenvalue weighted by atomic mass is 10.0. The number of rotatable bonds is 1. The first-order valence-corrected chi connectivity index (χ1v) is 4.84. The molecule has 1 aliphatic heterocycles. The van der Waals surface area contributed by atoms with Crippen LogP contribution >= 0.6 is 12.2 Å². The Morgan fingerprint density at radius 2 is 2.50 bits per heavy atom. The third-order valence-corrected chi connectivity index (χ3v) is 2.40. The standard InChI is InChI=1S/C9H11N3OS/c1-9(2)7-5-8(10-6-14)11-12(7)3-4-13-9/h5H,3-4H2,1-2H3. The van der Waals surface area contributed by atoms with Crippen molar-refractivity contribution in [2.24, 2.45) is 4.99 Å². The van der Waals surface area contributed by atoms with E-state index in [1.54, 1.807) is 0 Å². The maximum Gasteiger partial charge on any atom is 0.184 e. The van der Waals surface area contributed by atoms with E-state index in [2.05, 4.69) is 27.5 Å². The fourth-order valence-electron chi connectivity index (χ4n) is 1.62. The molecular formula is C9H11N3OS. The molecule has 0 saturated carbocycles. The van der Waals surface area contributed by atoms with Crippen molar-refractivity contribution in [2.45, 2.75) is 26.0 Å². The Balaban J connectivity index is 2.48. The van der Waals surface area contributed by atoms with E-state index in [-0.39, 0.29) is 5.60 Å². The topological polar surface area (TPSA) is 39.4 Å². The molecule has 0 aliphatic carbocycles. The van der Waals surface area contributed by atoms with Crippen molar-refractivity contribution >= 4 is 23.2 Å². The number of thiocarbonyl (C=S) groups is 1. The van der Waals surface area contributed by atoms with Crippen molar-refractivity contribution in [1.29, 1.82) is 0 Å². The van der Waals surface area contributed by atoms with Crippen molar-refractivity contribution in [2.75, 3.05) is 6.61 Å². The fraction of sp³-hybridized carbons (Fsp3) is 0.556. The number of nitrogens with zero attached hydrogens (tertiary/aromatic N) is 3. The summed E-state index contributed by atoms with van der Waals surface area (Å²) in [6.45, 7) is 5.49. The molecule has 0 radical (unpaired) electrons. The van der Waals surface area contributed by atoms with E-state index in [1.165, 1.54) is 0 Å². The smallest absolute Gasteiger partial charge is 0.184 e. The van der Waals surface area contributed by atoms with Crippen LogP contribution in [0.5, 0.6) is 0 Å². The number of hydrogen-bond donors (Lipinski definition) is 0. The molecule has 1 aromatic heterocycles. The zero-order valence-electron chi connectivity index (χ0n) is 8.15. The quantitative estimate of drug-likeness (QED) is 0.523. The lowest BCUT2D eigenvalue weighted by Crippen LogP contribution is -2.33. The molecule has 0 spiro atoms. The second-order valence-electron chi connectivity index (χ2n) is 3.67. The van der Waals surface area contributed by atoms with Crippen LogP contribution in [0.4, 0.5) is 5.82 Å². The van der Waals surface area contributed by atoms with E-state index in [0.29, 0.717) is 12.4 Å². The van der Waals surface area contributed by atoms with Gasteiger partial charge in [-0.1, -0.05) is 0 Å². The van der Waals surface area contributed by atoms with Gasteiger partial charge in [-0.25, -0.2) is 0 Å². The number of ether oxygens (including phenoxy) is 1. The largest absolute Gasteiger partial charge is 0.367 e. The van der Waals surface area contributed by atoms with Crippen molar-refractivity contribution in [3.05, 3.63) is 11.8 Å². The second-order valence-corrected chi connectivity index (χ2v) is 3.86. The molecule has 0 aromatic carbocycles. The summed E-state index contributed by atoms with van der Waals surface area (Å²) in [6, 6.07) is 1.89. The molecule has 0 unspecified atom stereocenters. The van der Waals surface area contributed by atoms with E-state index >= 15 is 0 Å². The van der Waals surface area contributed by atoms with Crippen LogP contribution < -0.4 is 0 Å². The molecule has 0 amide bonds. The van der Waals surface area contributed by atoms with Crippen LogP contribution in [0, 0.1) is 0 Å². The average molecular weight is 209 g/mol. The van der Waals surface area contributed by atoms with Gasteiger partial charge in [0.1, 0.15) is 5.60 Å². The molecule has 74 valence electrons. The van der Waals surface area contributed by atoms with Crippen molar-refractivity contribution in [3.8, 4) is 0 Å². The summed E-state index contributed by atoms with van der Waals surface area (Å²) in [5.41, 5.74) is 0.744. The maximum atomic E-state index is 5.63. The Bertz CT molecular complexity index is 404. The van der Waals surface area contributed by atoms with Crippen LogP contribution in [0.15, 0.2) is 11.1 Å².